The number of carbonyl (C=O) groups excluding carboxylic acids is 1. The molecule has 0 bridgehead atoms. The molecular formula is C21H24N2O4S. The van der Waals surface area contributed by atoms with Crippen LogP contribution >= 0.6 is 0 Å². The van der Waals surface area contributed by atoms with Crippen molar-refractivity contribution in [3.05, 3.63) is 72.8 Å². The van der Waals surface area contributed by atoms with E-state index in [4.69, 9.17) is 4.74 Å². The molecule has 2 aromatic rings. The number of amides is 1. The van der Waals surface area contributed by atoms with Crippen LogP contribution in [0.15, 0.2) is 72.1 Å². The Balaban J connectivity index is 1.82. The fourth-order valence-electron chi connectivity index (χ4n) is 3.09. The van der Waals surface area contributed by atoms with Gasteiger partial charge in [-0.15, -0.1) is 6.58 Å². The number of hydrogen-bond acceptors (Lipinski definition) is 4. The van der Waals surface area contributed by atoms with Gasteiger partial charge in [-0.25, -0.2) is 8.42 Å². The Kier molecular flexibility index (Phi) is 6.49. The number of ether oxygens (including phenoxy) is 1. The summed E-state index contributed by atoms with van der Waals surface area (Å²) in [6.45, 7) is 4.92. The van der Waals surface area contributed by atoms with Gasteiger partial charge in [0, 0.05) is 18.7 Å². The van der Waals surface area contributed by atoms with Crippen molar-refractivity contribution in [1.82, 2.24) is 5.32 Å². The highest BCUT2D eigenvalue weighted by atomic mass is 32.2. The van der Waals surface area contributed by atoms with E-state index >= 15 is 0 Å². The molecule has 28 heavy (non-hydrogen) atoms. The molecule has 0 radical (unpaired) electrons. The molecule has 1 aliphatic rings. The van der Waals surface area contributed by atoms with E-state index in [1.807, 2.05) is 6.07 Å². The van der Waals surface area contributed by atoms with Gasteiger partial charge in [0.25, 0.3) is 15.9 Å². The number of benzene rings is 2. The number of para-hydroxylation sites is 1. The molecule has 0 spiro atoms. The van der Waals surface area contributed by atoms with Crippen molar-refractivity contribution in [2.24, 2.45) is 0 Å². The summed E-state index contributed by atoms with van der Waals surface area (Å²) in [5.74, 6) is -0.317. The van der Waals surface area contributed by atoms with E-state index in [1.54, 1.807) is 36.4 Å². The van der Waals surface area contributed by atoms with E-state index in [1.165, 1.54) is 22.5 Å². The fourth-order valence-corrected chi connectivity index (χ4v) is 4.57. The third-order valence-corrected chi connectivity index (χ3v) is 6.33. The van der Waals surface area contributed by atoms with Gasteiger partial charge in [-0.2, -0.15) is 0 Å². The molecule has 0 aromatic heterocycles. The van der Waals surface area contributed by atoms with Crippen molar-refractivity contribution in [2.45, 2.75) is 23.8 Å². The SMILES string of the molecule is C=CCN(c1ccccc1)S(=O)(=O)c1cccc(C(=O)NC[C@H]2CCCO2)c1. The molecule has 0 aliphatic carbocycles. The van der Waals surface area contributed by atoms with Crippen LogP contribution in [-0.2, 0) is 14.8 Å². The van der Waals surface area contributed by atoms with E-state index < -0.39 is 10.0 Å². The van der Waals surface area contributed by atoms with E-state index in [9.17, 15) is 13.2 Å². The molecule has 1 amide bonds. The number of nitrogens with one attached hydrogen (secondary N) is 1. The average Bonchev–Trinajstić information content (AvgIpc) is 3.24. The molecule has 1 N–H and O–H groups in total. The van der Waals surface area contributed by atoms with Gasteiger partial charge in [0.15, 0.2) is 0 Å². The number of sulfonamides is 1. The van der Waals surface area contributed by atoms with Gasteiger partial charge >= 0.3 is 0 Å². The van der Waals surface area contributed by atoms with Crippen LogP contribution in [-0.4, -0.2) is 40.1 Å². The smallest absolute Gasteiger partial charge is 0.264 e. The summed E-state index contributed by atoms with van der Waals surface area (Å²) in [4.78, 5) is 12.5. The van der Waals surface area contributed by atoms with Crippen molar-refractivity contribution in [3.8, 4) is 0 Å². The Morgan fingerprint density at radius 2 is 2.00 bits per heavy atom. The number of rotatable bonds is 8. The van der Waals surface area contributed by atoms with Crippen LogP contribution in [0.1, 0.15) is 23.2 Å². The van der Waals surface area contributed by atoms with Crippen molar-refractivity contribution >= 4 is 21.6 Å². The average molecular weight is 401 g/mol. The van der Waals surface area contributed by atoms with Crippen LogP contribution in [0.2, 0.25) is 0 Å². The molecule has 3 rings (SSSR count). The van der Waals surface area contributed by atoms with Crippen LogP contribution < -0.4 is 9.62 Å². The maximum absolute atomic E-state index is 13.2. The van der Waals surface area contributed by atoms with Gasteiger partial charge < -0.3 is 10.1 Å². The highest BCUT2D eigenvalue weighted by Gasteiger charge is 2.25. The fraction of sp³-hybridized carbons (Fsp3) is 0.286. The first-order valence-corrected chi connectivity index (χ1v) is 10.6. The monoisotopic (exact) mass is 400 g/mol. The number of anilines is 1. The third kappa shape index (κ3) is 4.61. The molecule has 148 valence electrons. The summed E-state index contributed by atoms with van der Waals surface area (Å²) in [7, 11) is -3.85. The predicted molar refractivity (Wildman–Crippen MR) is 109 cm³/mol. The first kappa shape index (κ1) is 20.1. The highest BCUT2D eigenvalue weighted by Crippen LogP contribution is 2.24. The molecule has 2 aromatic carbocycles. The minimum absolute atomic E-state index is 0.0250. The minimum Gasteiger partial charge on any atom is -0.376 e. The Morgan fingerprint density at radius 3 is 2.68 bits per heavy atom. The molecule has 1 heterocycles. The zero-order chi connectivity index (χ0) is 20.0. The van der Waals surface area contributed by atoms with Crippen molar-refractivity contribution < 1.29 is 17.9 Å². The molecule has 0 saturated carbocycles. The van der Waals surface area contributed by atoms with Crippen molar-refractivity contribution in [1.29, 1.82) is 0 Å². The maximum atomic E-state index is 13.2. The Labute approximate surface area is 165 Å². The van der Waals surface area contributed by atoms with E-state index in [2.05, 4.69) is 11.9 Å². The summed E-state index contributed by atoms with van der Waals surface area (Å²) in [6, 6.07) is 14.9. The Hall–Kier alpha value is -2.64. The van der Waals surface area contributed by atoms with Gasteiger partial charge in [-0.1, -0.05) is 30.3 Å². The first-order chi connectivity index (χ1) is 13.5. The first-order valence-electron chi connectivity index (χ1n) is 9.21. The molecule has 1 atom stereocenters. The lowest BCUT2D eigenvalue weighted by molar-refractivity contribution is 0.0857. The molecular weight excluding hydrogens is 376 g/mol. The second kappa shape index (κ2) is 9.03. The standard InChI is InChI=1S/C21H24N2O4S/c1-2-13-23(18-9-4-3-5-10-18)28(25,26)20-12-6-8-17(15-20)21(24)22-16-19-11-7-14-27-19/h2-6,8-10,12,15,19H,1,7,11,13-14,16H2,(H,22,24)/t19-/m1/s1. The summed E-state index contributed by atoms with van der Waals surface area (Å²) in [6.07, 6.45) is 3.47. The second-order valence-corrected chi connectivity index (χ2v) is 8.40. The lowest BCUT2D eigenvalue weighted by Gasteiger charge is -2.23. The van der Waals surface area contributed by atoms with E-state index in [-0.39, 0.29) is 23.5 Å². The molecule has 1 saturated heterocycles. The second-order valence-electron chi connectivity index (χ2n) is 6.53. The molecule has 6 nitrogen and oxygen atoms in total. The van der Waals surface area contributed by atoms with E-state index in [0.717, 1.165) is 12.8 Å². The van der Waals surface area contributed by atoms with Crippen LogP contribution in [0, 0.1) is 0 Å². The Bertz CT molecular complexity index is 922. The van der Waals surface area contributed by atoms with Crippen LogP contribution in [0.5, 0.6) is 0 Å². The lowest BCUT2D eigenvalue weighted by atomic mass is 10.2. The molecule has 1 aliphatic heterocycles. The highest BCUT2D eigenvalue weighted by molar-refractivity contribution is 7.92. The summed E-state index contributed by atoms with van der Waals surface area (Å²) in [5, 5.41) is 2.82. The van der Waals surface area contributed by atoms with Crippen LogP contribution in [0.4, 0.5) is 5.69 Å². The largest absolute Gasteiger partial charge is 0.376 e. The van der Waals surface area contributed by atoms with Gasteiger partial charge in [0.1, 0.15) is 0 Å². The number of nitrogens with zero attached hydrogens (tertiary/aromatic N) is 1. The van der Waals surface area contributed by atoms with Gasteiger partial charge in [0.05, 0.1) is 23.2 Å². The summed E-state index contributed by atoms with van der Waals surface area (Å²) < 4.78 is 33.1. The van der Waals surface area contributed by atoms with Gasteiger partial charge in [0.2, 0.25) is 0 Å². The summed E-state index contributed by atoms with van der Waals surface area (Å²) in [5.41, 5.74) is 0.835. The van der Waals surface area contributed by atoms with Gasteiger partial charge in [-0.05, 0) is 43.2 Å². The van der Waals surface area contributed by atoms with Crippen LogP contribution in [0.3, 0.4) is 0 Å². The minimum atomic E-state index is -3.85. The zero-order valence-corrected chi connectivity index (χ0v) is 16.4. The molecule has 0 unspecified atom stereocenters. The lowest BCUT2D eigenvalue weighted by Crippen LogP contribution is -2.33. The number of carbonyl (C=O) groups is 1. The molecule has 1 fully saturated rings. The third-order valence-electron chi connectivity index (χ3n) is 4.54. The maximum Gasteiger partial charge on any atom is 0.264 e. The van der Waals surface area contributed by atoms with Crippen molar-refractivity contribution in [2.75, 3.05) is 24.0 Å². The number of hydrogen-bond donors (Lipinski definition) is 1. The normalized spacial score (nSPS) is 16.5. The van der Waals surface area contributed by atoms with Gasteiger partial charge in [-0.3, -0.25) is 9.10 Å². The molecule has 7 heteroatoms. The zero-order valence-electron chi connectivity index (χ0n) is 15.6. The summed E-state index contributed by atoms with van der Waals surface area (Å²) >= 11 is 0. The van der Waals surface area contributed by atoms with E-state index in [0.29, 0.717) is 24.4 Å². The predicted octanol–water partition coefficient (Wildman–Crippen LogP) is 2.98. The quantitative estimate of drug-likeness (QED) is 0.691. The van der Waals surface area contributed by atoms with Crippen LogP contribution in [0.25, 0.3) is 0 Å². The Morgan fingerprint density at radius 1 is 1.21 bits per heavy atom. The van der Waals surface area contributed by atoms with Crippen molar-refractivity contribution in [3.63, 3.8) is 0 Å². The topological polar surface area (TPSA) is 75.7 Å².